The molecule has 10 nitrogen and oxygen atoms in total. The van der Waals surface area contributed by atoms with E-state index < -0.39 is 0 Å². The quantitative estimate of drug-likeness (QED) is 0.171. The van der Waals surface area contributed by atoms with Crippen molar-refractivity contribution in [1.82, 2.24) is 22.8 Å². The molecule has 0 aliphatic rings. The predicted molar refractivity (Wildman–Crippen MR) is 564 cm³/mol. The summed E-state index contributed by atoms with van der Waals surface area (Å²) in [6, 6.07) is 150. The molecular formula is C125H85N5O5. The Morgan fingerprint density at radius 2 is 0.444 bits per heavy atom. The molecule has 0 fully saturated rings. The molecule has 0 N–H and O–H groups in total. The molecule has 0 aliphatic heterocycles. The molecule has 10 heterocycles. The first-order chi connectivity index (χ1) is 66.5. The fourth-order valence-electron chi connectivity index (χ4n) is 21.3. The van der Waals surface area contributed by atoms with Crippen molar-refractivity contribution in [2.75, 3.05) is 0 Å². The smallest absolute Gasteiger partial charge is 0.160 e. The minimum absolute atomic E-state index is 0.931. The lowest BCUT2D eigenvalue weighted by atomic mass is 10.1. The number of aromatic nitrogens is 5. The van der Waals surface area contributed by atoms with Crippen molar-refractivity contribution >= 4 is 219 Å². The van der Waals surface area contributed by atoms with Crippen LogP contribution in [-0.2, 0) is 0 Å². The number of furan rings is 5. The van der Waals surface area contributed by atoms with Gasteiger partial charge in [-0.1, -0.05) is 249 Å². The molecule has 0 amide bonds. The Morgan fingerprint density at radius 1 is 0.141 bits per heavy atom. The molecule has 0 bridgehead atoms. The highest BCUT2D eigenvalue weighted by Crippen LogP contribution is 2.47. The molecule has 0 aliphatic carbocycles. The average Bonchev–Trinajstić information content (AvgIpc) is 1.58. The van der Waals surface area contributed by atoms with E-state index in [0.29, 0.717) is 0 Å². The SMILES string of the molecule is Cc1cccc(-n2c3ccccc3c3c4oc5ccccc5c4ccc32)c1.Cc1cccc(-n2c3ccccc3c3cc4c(cc32)oc2ccccc24)c1.Cc1cccc(-n2c3ccccc3c3cc4oc5ccccc5c4cc32)c1.Cc1cccc(-n2c3ccccc3c3ccc4c5ccccc5oc4c32)c1.Cc1cccc(-n2c3ccccc3c3ccc4oc5ccccc5c4c32)c1. The van der Waals surface area contributed by atoms with Gasteiger partial charge < -0.3 is 44.9 Å². The van der Waals surface area contributed by atoms with Gasteiger partial charge in [-0.2, -0.15) is 0 Å². The molecule has 0 saturated carbocycles. The Balaban J connectivity index is 0.0000000878. The van der Waals surface area contributed by atoms with Crippen molar-refractivity contribution in [3.63, 3.8) is 0 Å². The lowest BCUT2D eigenvalue weighted by Crippen LogP contribution is -1.94. The first-order valence-electron chi connectivity index (χ1n) is 46.1. The van der Waals surface area contributed by atoms with Crippen LogP contribution in [0.4, 0.5) is 0 Å². The van der Waals surface area contributed by atoms with Gasteiger partial charge in [0.25, 0.3) is 0 Å². The van der Waals surface area contributed by atoms with E-state index >= 15 is 0 Å². The van der Waals surface area contributed by atoms with Gasteiger partial charge in [0.15, 0.2) is 5.58 Å². The molecule has 0 unspecified atom stereocenters. The van der Waals surface area contributed by atoms with E-state index in [1.54, 1.807) is 0 Å². The Morgan fingerprint density at radius 3 is 0.926 bits per heavy atom. The van der Waals surface area contributed by atoms with Crippen LogP contribution in [0.3, 0.4) is 0 Å². The van der Waals surface area contributed by atoms with Crippen LogP contribution in [0.1, 0.15) is 27.8 Å². The fraction of sp³-hybridized carbons (Fsp3) is 0.0400. The molecular weight excluding hydrogens is 1650 g/mol. The molecule has 20 aromatic carbocycles. The van der Waals surface area contributed by atoms with Crippen LogP contribution in [0, 0.1) is 34.6 Å². The maximum atomic E-state index is 6.37. The average molecular weight is 1740 g/mol. The van der Waals surface area contributed by atoms with Crippen LogP contribution in [0.5, 0.6) is 0 Å². The van der Waals surface area contributed by atoms with Gasteiger partial charge in [-0.15, -0.1) is 0 Å². The van der Waals surface area contributed by atoms with Crippen LogP contribution in [0.2, 0.25) is 0 Å². The van der Waals surface area contributed by atoms with Crippen LogP contribution in [0.25, 0.3) is 247 Å². The summed E-state index contributed by atoms with van der Waals surface area (Å²) in [5.41, 5.74) is 33.5. The lowest BCUT2D eigenvalue weighted by Gasteiger charge is -2.09. The summed E-state index contributed by atoms with van der Waals surface area (Å²) in [5.74, 6) is 0. The van der Waals surface area contributed by atoms with E-state index in [1.807, 2.05) is 60.7 Å². The highest BCUT2D eigenvalue weighted by atomic mass is 16.3. The number of rotatable bonds is 5. The third-order valence-corrected chi connectivity index (χ3v) is 27.2. The van der Waals surface area contributed by atoms with Crippen LogP contribution < -0.4 is 0 Å². The molecule has 10 heteroatoms. The first kappa shape index (κ1) is 78.4. The topological polar surface area (TPSA) is 90.4 Å². The number of hydrogen-bond donors (Lipinski definition) is 0. The van der Waals surface area contributed by atoms with Gasteiger partial charge in [0.05, 0.1) is 65.9 Å². The number of fused-ring (bicyclic) bond motifs is 33. The number of benzene rings is 20. The molecule has 135 heavy (non-hydrogen) atoms. The number of aryl methyl sites for hydroxylation is 5. The van der Waals surface area contributed by atoms with E-state index in [4.69, 9.17) is 22.1 Å². The van der Waals surface area contributed by atoms with E-state index in [9.17, 15) is 0 Å². The Hall–Kier alpha value is -17.6. The summed E-state index contributed by atoms with van der Waals surface area (Å²) in [7, 11) is 0. The number of para-hydroxylation sites is 10. The summed E-state index contributed by atoms with van der Waals surface area (Å²) < 4.78 is 42.9. The normalized spacial score (nSPS) is 11.9. The zero-order valence-corrected chi connectivity index (χ0v) is 74.7. The summed E-state index contributed by atoms with van der Waals surface area (Å²) in [6.45, 7) is 10.7. The molecule has 10 aromatic heterocycles. The van der Waals surface area contributed by atoms with Crippen LogP contribution in [0.15, 0.2) is 447 Å². The summed E-state index contributed by atoms with van der Waals surface area (Å²) in [5, 5.41) is 24.1. The molecule has 0 radical (unpaired) electrons. The second-order valence-corrected chi connectivity index (χ2v) is 35.7. The molecule has 30 rings (SSSR count). The predicted octanol–water partition coefficient (Wildman–Crippen LogP) is 35.0. The van der Waals surface area contributed by atoms with Gasteiger partial charge in [0, 0.05) is 131 Å². The second-order valence-electron chi connectivity index (χ2n) is 35.7. The standard InChI is InChI=1S/5C25H17NO/c1-16-7-6-8-17(15-16)26-21-11-4-2-10-20(21)24-22(26)14-13-19-18-9-3-5-12-23(18)27-25(19)24;1-16-7-6-8-17(13-16)26-22-11-4-2-9-18(22)20-15-25-21(14-23(20)26)19-10-3-5-12-24(19)27-25;1-16-7-6-8-17(13-16)26-22-11-4-2-9-18(22)20-14-21-19-10-3-5-12-24(19)27-25(21)15-23(20)26;1-16-7-6-8-17(15-16)26-21-11-4-2-9-18(21)19-13-14-23-24(25(19)26)20-10-3-5-12-22(20)27-23;1-16-7-6-8-17(15-16)26-22-11-4-2-9-18(22)20-13-14-21-19-10-3-5-12-23(19)27-25(21)24(20)26/h5*2-15H,1H3. The van der Waals surface area contributed by atoms with Crippen LogP contribution in [-0.4, -0.2) is 22.8 Å². The van der Waals surface area contributed by atoms with Gasteiger partial charge in [-0.25, -0.2) is 0 Å². The largest absolute Gasteiger partial charge is 0.456 e. The van der Waals surface area contributed by atoms with Crippen molar-refractivity contribution in [3.05, 3.63) is 452 Å². The summed E-state index contributed by atoms with van der Waals surface area (Å²) >= 11 is 0. The maximum absolute atomic E-state index is 6.37. The van der Waals surface area contributed by atoms with Crippen molar-refractivity contribution in [1.29, 1.82) is 0 Å². The third-order valence-electron chi connectivity index (χ3n) is 27.2. The molecule has 0 saturated heterocycles. The highest BCUT2D eigenvalue weighted by Gasteiger charge is 2.25. The monoisotopic (exact) mass is 1740 g/mol. The Labute approximate surface area is 773 Å². The van der Waals surface area contributed by atoms with Crippen molar-refractivity contribution in [2.45, 2.75) is 34.6 Å². The maximum Gasteiger partial charge on any atom is 0.160 e. The Bertz CT molecular complexity index is 9960. The summed E-state index contributed by atoms with van der Waals surface area (Å²) in [4.78, 5) is 0. The lowest BCUT2D eigenvalue weighted by molar-refractivity contribution is 0.669. The number of hydrogen-bond acceptors (Lipinski definition) is 5. The van der Waals surface area contributed by atoms with E-state index in [1.165, 1.54) is 181 Å². The highest BCUT2D eigenvalue weighted by molar-refractivity contribution is 6.27. The van der Waals surface area contributed by atoms with E-state index in [-0.39, 0.29) is 0 Å². The third kappa shape index (κ3) is 12.8. The minimum atomic E-state index is 0.931. The van der Waals surface area contributed by atoms with Gasteiger partial charge >= 0.3 is 0 Å². The van der Waals surface area contributed by atoms with E-state index in [2.05, 4.69) is 421 Å². The molecule has 30 aromatic rings. The molecule has 0 atom stereocenters. The van der Waals surface area contributed by atoms with Crippen molar-refractivity contribution < 1.29 is 22.1 Å². The zero-order valence-electron chi connectivity index (χ0n) is 74.7. The minimum Gasteiger partial charge on any atom is -0.456 e. The Kier molecular flexibility index (Phi) is 18.2. The summed E-state index contributed by atoms with van der Waals surface area (Å²) in [6.07, 6.45) is 0. The van der Waals surface area contributed by atoms with Crippen molar-refractivity contribution in [3.8, 4) is 28.4 Å². The molecule has 640 valence electrons. The van der Waals surface area contributed by atoms with E-state index in [0.717, 1.165) is 94.0 Å². The fourth-order valence-corrected chi connectivity index (χ4v) is 21.3. The number of nitrogens with zero attached hydrogens (tertiary/aromatic N) is 5. The van der Waals surface area contributed by atoms with Gasteiger partial charge in [-0.3, -0.25) is 0 Å². The zero-order chi connectivity index (χ0) is 89.8. The van der Waals surface area contributed by atoms with Gasteiger partial charge in [0.2, 0.25) is 0 Å². The van der Waals surface area contributed by atoms with Crippen LogP contribution >= 0.6 is 0 Å². The van der Waals surface area contributed by atoms with Crippen molar-refractivity contribution in [2.24, 2.45) is 0 Å². The molecule has 0 spiro atoms. The first-order valence-corrected chi connectivity index (χ1v) is 46.1. The van der Waals surface area contributed by atoms with Gasteiger partial charge in [0.1, 0.15) is 50.2 Å². The van der Waals surface area contributed by atoms with Gasteiger partial charge in [-0.05, 0) is 232 Å². The second kappa shape index (κ2) is 31.3.